The van der Waals surface area contributed by atoms with Crippen LogP contribution in [-0.2, 0) is 0 Å². The van der Waals surface area contributed by atoms with E-state index in [0.717, 1.165) is 23.7 Å². The Balaban J connectivity index is 1.86. The molecule has 1 nitrogen and oxygen atoms in total. The highest BCUT2D eigenvalue weighted by atomic mass is 14.9. The summed E-state index contributed by atoms with van der Waals surface area (Å²) >= 11 is 0. The Labute approximate surface area is 62.2 Å². The van der Waals surface area contributed by atoms with Crippen molar-refractivity contribution in [2.45, 2.75) is 19.3 Å². The first-order valence-electron chi connectivity index (χ1n) is 4.67. The second kappa shape index (κ2) is 1.76. The SMILES string of the molecule is C1CC2C3CNCC2C3C1. The van der Waals surface area contributed by atoms with Crippen LogP contribution in [0.2, 0.25) is 0 Å². The van der Waals surface area contributed by atoms with Crippen LogP contribution in [0.4, 0.5) is 0 Å². The fraction of sp³-hybridized carbons (Fsp3) is 1.00. The number of piperidine rings is 2. The molecule has 0 radical (unpaired) electrons. The quantitative estimate of drug-likeness (QED) is 0.530. The van der Waals surface area contributed by atoms with E-state index in [1.54, 1.807) is 12.8 Å². The van der Waals surface area contributed by atoms with Crippen molar-refractivity contribution >= 4 is 0 Å². The molecule has 1 saturated heterocycles. The standard InChI is InChI=1S/C9H15N/c1-2-6-8-4-10-5-9(6)7(8)3-1/h6-10H,1-5H2. The van der Waals surface area contributed by atoms with Crippen LogP contribution in [0.15, 0.2) is 0 Å². The summed E-state index contributed by atoms with van der Waals surface area (Å²) in [5, 5.41) is 3.51. The maximum atomic E-state index is 3.51. The molecular formula is C9H15N. The van der Waals surface area contributed by atoms with Crippen molar-refractivity contribution in [2.24, 2.45) is 23.7 Å². The second-order valence-electron chi connectivity index (χ2n) is 4.24. The van der Waals surface area contributed by atoms with Gasteiger partial charge in [0.2, 0.25) is 0 Å². The monoisotopic (exact) mass is 137 g/mol. The molecule has 56 valence electrons. The van der Waals surface area contributed by atoms with Crippen molar-refractivity contribution in [3.8, 4) is 0 Å². The number of rotatable bonds is 0. The lowest BCUT2D eigenvalue weighted by Gasteiger charge is -2.60. The molecule has 1 aliphatic heterocycles. The Hall–Kier alpha value is -0.0400. The van der Waals surface area contributed by atoms with Crippen molar-refractivity contribution in [3.05, 3.63) is 0 Å². The molecule has 4 fully saturated rings. The van der Waals surface area contributed by atoms with Crippen LogP contribution >= 0.6 is 0 Å². The van der Waals surface area contributed by atoms with E-state index < -0.39 is 0 Å². The first-order chi connectivity index (χ1) is 4.97. The highest BCUT2D eigenvalue weighted by molar-refractivity contribution is 5.04. The average Bonchev–Trinajstić information content (AvgIpc) is 2.08. The highest BCUT2D eigenvalue weighted by Gasteiger charge is 2.53. The zero-order valence-electron chi connectivity index (χ0n) is 6.34. The number of hydrogen-bond donors (Lipinski definition) is 1. The Morgan fingerprint density at radius 2 is 1.40 bits per heavy atom. The third kappa shape index (κ3) is 0.493. The molecule has 1 N–H and O–H groups in total. The maximum absolute atomic E-state index is 3.51. The van der Waals surface area contributed by atoms with Gasteiger partial charge in [0.1, 0.15) is 0 Å². The lowest BCUT2D eigenvalue weighted by Crippen LogP contribution is -2.61. The smallest absolute Gasteiger partial charge is 0.00149 e. The van der Waals surface area contributed by atoms with Gasteiger partial charge in [-0.2, -0.15) is 0 Å². The third-order valence-electron chi connectivity index (χ3n) is 4.03. The summed E-state index contributed by atoms with van der Waals surface area (Å²) in [7, 11) is 0. The highest BCUT2D eigenvalue weighted by Crippen LogP contribution is 2.56. The molecule has 0 aromatic carbocycles. The summed E-state index contributed by atoms with van der Waals surface area (Å²) in [5.74, 6) is 4.51. The van der Waals surface area contributed by atoms with Gasteiger partial charge in [0.05, 0.1) is 0 Å². The first kappa shape index (κ1) is 5.59. The average molecular weight is 137 g/mol. The van der Waals surface area contributed by atoms with E-state index in [1.807, 2.05) is 0 Å². The molecular weight excluding hydrogens is 122 g/mol. The van der Waals surface area contributed by atoms with E-state index in [0.29, 0.717) is 0 Å². The molecule has 0 amide bonds. The molecule has 0 atom stereocenters. The van der Waals surface area contributed by atoms with Crippen LogP contribution < -0.4 is 5.32 Å². The molecule has 10 heavy (non-hydrogen) atoms. The second-order valence-corrected chi connectivity index (χ2v) is 4.24. The molecule has 0 spiro atoms. The molecule has 4 aliphatic rings. The van der Waals surface area contributed by atoms with Crippen molar-refractivity contribution in [2.75, 3.05) is 13.1 Å². The van der Waals surface area contributed by atoms with Gasteiger partial charge < -0.3 is 5.32 Å². The van der Waals surface area contributed by atoms with Gasteiger partial charge >= 0.3 is 0 Å². The largest absolute Gasteiger partial charge is 0.316 e. The van der Waals surface area contributed by atoms with Crippen molar-refractivity contribution in [3.63, 3.8) is 0 Å². The summed E-state index contributed by atoms with van der Waals surface area (Å²) in [6.07, 6.45) is 4.63. The summed E-state index contributed by atoms with van der Waals surface area (Å²) in [4.78, 5) is 0. The zero-order chi connectivity index (χ0) is 6.55. The van der Waals surface area contributed by atoms with Gasteiger partial charge in [0.25, 0.3) is 0 Å². The van der Waals surface area contributed by atoms with E-state index in [2.05, 4.69) is 5.32 Å². The zero-order valence-corrected chi connectivity index (χ0v) is 6.34. The summed E-state index contributed by atoms with van der Waals surface area (Å²) in [6.45, 7) is 2.68. The molecule has 0 aromatic heterocycles. The van der Waals surface area contributed by atoms with Crippen LogP contribution in [0.1, 0.15) is 19.3 Å². The van der Waals surface area contributed by atoms with Crippen LogP contribution in [0, 0.1) is 23.7 Å². The van der Waals surface area contributed by atoms with Gasteiger partial charge in [-0.3, -0.25) is 0 Å². The van der Waals surface area contributed by atoms with Gasteiger partial charge in [-0.15, -0.1) is 0 Å². The molecule has 3 saturated carbocycles. The van der Waals surface area contributed by atoms with E-state index in [4.69, 9.17) is 0 Å². The van der Waals surface area contributed by atoms with Gasteiger partial charge in [-0.1, -0.05) is 6.42 Å². The van der Waals surface area contributed by atoms with Gasteiger partial charge in [0, 0.05) is 0 Å². The fourth-order valence-electron chi connectivity index (χ4n) is 3.59. The minimum absolute atomic E-state index is 1.10. The molecule has 4 rings (SSSR count). The summed E-state index contributed by atoms with van der Waals surface area (Å²) in [6, 6.07) is 0. The summed E-state index contributed by atoms with van der Waals surface area (Å²) < 4.78 is 0. The van der Waals surface area contributed by atoms with Crippen LogP contribution in [0.5, 0.6) is 0 Å². The molecule has 0 aromatic rings. The van der Waals surface area contributed by atoms with E-state index in [9.17, 15) is 0 Å². The Bertz CT molecular complexity index is 113. The number of fused-ring (bicyclic) bond motifs is 2. The molecule has 0 unspecified atom stereocenters. The van der Waals surface area contributed by atoms with Gasteiger partial charge in [0.15, 0.2) is 0 Å². The first-order valence-corrected chi connectivity index (χ1v) is 4.67. The maximum Gasteiger partial charge on any atom is -0.00149 e. The molecule has 1 heteroatoms. The predicted molar refractivity (Wildman–Crippen MR) is 40.7 cm³/mol. The Morgan fingerprint density at radius 1 is 0.800 bits per heavy atom. The minimum atomic E-state index is 1.10. The Kier molecular flexibility index (Phi) is 0.984. The summed E-state index contributed by atoms with van der Waals surface area (Å²) in [5.41, 5.74) is 0. The van der Waals surface area contributed by atoms with E-state index in [-0.39, 0.29) is 0 Å². The number of nitrogens with one attached hydrogen (secondary N) is 1. The van der Waals surface area contributed by atoms with E-state index in [1.165, 1.54) is 19.5 Å². The van der Waals surface area contributed by atoms with Crippen LogP contribution in [0.25, 0.3) is 0 Å². The molecule has 3 aliphatic carbocycles. The van der Waals surface area contributed by atoms with Gasteiger partial charge in [-0.25, -0.2) is 0 Å². The van der Waals surface area contributed by atoms with E-state index >= 15 is 0 Å². The van der Waals surface area contributed by atoms with Crippen molar-refractivity contribution < 1.29 is 0 Å². The topological polar surface area (TPSA) is 12.0 Å². The van der Waals surface area contributed by atoms with Crippen molar-refractivity contribution in [1.29, 1.82) is 0 Å². The van der Waals surface area contributed by atoms with Crippen molar-refractivity contribution in [1.82, 2.24) is 5.32 Å². The third-order valence-corrected chi connectivity index (χ3v) is 4.03. The van der Waals surface area contributed by atoms with Gasteiger partial charge in [-0.05, 0) is 49.6 Å². The lowest BCUT2D eigenvalue weighted by molar-refractivity contribution is -0.0934. The van der Waals surface area contributed by atoms with Crippen LogP contribution in [-0.4, -0.2) is 13.1 Å². The minimum Gasteiger partial charge on any atom is -0.316 e. The Morgan fingerprint density at radius 3 is 1.90 bits per heavy atom. The molecule has 4 bridgehead atoms. The molecule has 1 heterocycles. The lowest BCUT2D eigenvalue weighted by atomic mass is 9.48. The predicted octanol–water partition coefficient (Wildman–Crippen LogP) is 1.25. The van der Waals surface area contributed by atoms with Crippen LogP contribution in [0.3, 0.4) is 0 Å². The fourth-order valence-corrected chi connectivity index (χ4v) is 3.59. The normalized spacial score (nSPS) is 57.6. The number of hydrogen-bond acceptors (Lipinski definition) is 1.